The van der Waals surface area contributed by atoms with E-state index in [-0.39, 0.29) is 29.9 Å². The lowest BCUT2D eigenvalue weighted by atomic mass is 10.0. The van der Waals surface area contributed by atoms with Gasteiger partial charge in [0, 0.05) is 72.5 Å². The maximum atomic E-state index is 12.8. The van der Waals surface area contributed by atoms with Crippen LogP contribution in [-0.2, 0) is 20.7 Å². The second-order valence-corrected chi connectivity index (χ2v) is 17.0. The van der Waals surface area contributed by atoms with Crippen LogP contribution in [0.25, 0.3) is 11.3 Å². The second-order valence-electron chi connectivity index (χ2n) is 15.7. The molecule has 0 saturated carbocycles. The molecule has 1 aliphatic carbocycles. The Morgan fingerprint density at radius 3 is 2.45 bits per heavy atom. The third kappa shape index (κ3) is 13.8. The molecule has 4 amide bonds. The zero-order valence-electron chi connectivity index (χ0n) is 36.2. The minimum atomic E-state index is -0.152. The van der Waals surface area contributed by atoms with Gasteiger partial charge >= 0.3 is 6.03 Å². The van der Waals surface area contributed by atoms with Crippen LogP contribution in [0.4, 0.5) is 16.3 Å². The number of fused-ring (bicyclic) bond motifs is 4. The summed E-state index contributed by atoms with van der Waals surface area (Å²) in [5.41, 5.74) is 5.48. The topological polar surface area (TPSA) is 177 Å². The fraction of sp³-hybridized carbons (Fsp3) is 0.600. The number of carbonyl (C=O) groups is 3. The number of hydrogen-bond donors (Lipinski definition) is 6. The second kappa shape index (κ2) is 24.7. The number of nitrogens with one attached hydrogen (secondary N) is 6. The average molecular weight is 850 g/mol. The molecule has 0 spiro atoms. The van der Waals surface area contributed by atoms with E-state index in [9.17, 15) is 14.4 Å². The van der Waals surface area contributed by atoms with Gasteiger partial charge in [-0.2, -0.15) is 16.9 Å². The van der Waals surface area contributed by atoms with E-state index in [1.165, 1.54) is 25.7 Å². The van der Waals surface area contributed by atoms with Crippen molar-refractivity contribution in [2.24, 2.45) is 5.92 Å². The number of hydrogen-bond acceptors (Lipinski definition) is 10. The Morgan fingerprint density at radius 1 is 0.917 bits per heavy atom. The molecule has 2 aromatic carbocycles. The Hall–Kier alpha value is -4.47. The molecular weight excluding hydrogens is 783 g/mol. The summed E-state index contributed by atoms with van der Waals surface area (Å²) in [5, 5.41) is 23.3. The van der Waals surface area contributed by atoms with Gasteiger partial charge in [-0.25, -0.2) is 4.79 Å². The molecule has 6 N–H and O–H groups in total. The standard InChI is InChI=1S/C37H49N7O7S.C8H18/c1-48-29-20-24-19-27-33(26(24)21-30(29)49-2)43-44-35(27)40-25-9-5-8-23(18-25)36(46)39-13-7-15-51-17-16-50-14-4-3-12-38-32(45)11-6-10-31-34-28(22-52-31)41-37(47)42-34;1-4-6-7-8(3)5-2/h5,8-9,18,20-21,28,31,34H,3-4,6-7,10-17,19,22H2,1-2H3,(H,38,45)(H,39,46)(H2,40,43,44)(H2,41,42,47);8H,4-7H2,1-3H3. The smallest absolute Gasteiger partial charge is 0.315 e. The lowest BCUT2D eigenvalue weighted by molar-refractivity contribution is -0.121. The van der Waals surface area contributed by atoms with Crippen LogP contribution in [0.15, 0.2) is 36.4 Å². The van der Waals surface area contributed by atoms with Crippen LogP contribution in [0.3, 0.4) is 0 Å². The van der Waals surface area contributed by atoms with Crippen molar-refractivity contribution in [2.45, 2.75) is 109 Å². The Morgan fingerprint density at radius 2 is 1.68 bits per heavy atom. The largest absolute Gasteiger partial charge is 0.493 e. The van der Waals surface area contributed by atoms with Crippen LogP contribution < -0.4 is 36.1 Å². The molecule has 3 heterocycles. The van der Waals surface area contributed by atoms with E-state index in [4.69, 9.17) is 18.9 Å². The fourth-order valence-electron chi connectivity index (χ4n) is 7.54. The summed E-state index contributed by atoms with van der Waals surface area (Å²) < 4.78 is 22.2. The number of amides is 4. The van der Waals surface area contributed by atoms with Gasteiger partial charge in [-0.15, -0.1) is 0 Å². The summed E-state index contributed by atoms with van der Waals surface area (Å²) >= 11 is 1.87. The number of H-pyrrole nitrogens is 1. The first-order chi connectivity index (χ1) is 29.2. The molecule has 3 aromatic rings. The molecule has 14 nitrogen and oxygen atoms in total. The molecule has 4 atom stereocenters. The van der Waals surface area contributed by atoms with Crippen LogP contribution >= 0.6 is 11.8 Å². The van der Waals surface area contributed by atoms with Gasteiger partial charge in [-0.1, -0.05) is 52.5 Å². The van der Waals surface area contributed by atoms with Gasteiger partial charge in [0.05, 0.1) is 45.2 Å². The van der Waals surface area contributed by atoms with E-state index in [1.807, 2.05) is 42.1 Å². The molecule has 2 fully saturated rings. The number of unbranched alkanes of at least 4 members (excludes halogenated alkanes) is 2. The SMILES string of the molecule is CCCCC(C)CC.COc1cc2c(cc1OC)-c1[nH]nc(Nc3cccc(C(=O)NCCCOCCOCCCCNC(=O)CCCC4SCC5NC(=O)NC54)c3)c1C2. The van der Waals surface area contributed by atoms with Crippen LogP contribution in [-0.4, -0.2) is 105 Å². The van der Waals surface area contributed by atoms with E-state index in [0.29, 0.717) is 86.9 Å². The Labute approximate surface area is 360 Å². The van der Waals surface area contributed by atoms with Crippen LogP contribution in [0.2, 0.25) is 0 Å². The Bertz CT molecular complexity index is 1820. The van der Waals surface area contributed by atoms with Gasteiger partial charge in [0.1, 0.15) is 0 Å². The fourth-order valence-corrected chi connectivity index (χ4v) is 9.08. The van der Waals surface area contributed by atoms with Crippen molar-refractivity contribution in [2.75, 3.05) is 64.8 Å². The number of aromatic amines is 1. The summed E-state index contributed by atoms with van der Waals surface area (Å²) in [5.74, 6) is 3.89. The van der Waals surface area contributed by atoms with Crippen molar-refractivity contribution >= 4 is 41.1 Å². The van der Waals surface area contributed by atoms with Crippen molar-refractivity contribution < 1.29 is 33.3 Å². The minimum absolute atomic E-state index is 0.0764. The first kappa shape index (κ1) is 46.6. The van der Waals surface area contributed by atoms with Crippen molar-refractivity contribution in [3.8, 4) is 22.8 Å². The molecule has 2 saturated heterocycles. The third-order valence-corrected chi connectivity index (χ3v) is 12.7. The first-order valence-corrected chi connectivity index (χ1v) is 22.9. The molecule has 4 unspecified atom stereocenters. The predicted molar refractivity (Wildman–Crippen MR) is 239 cm³/mol. The number of anilines is 2. The van der Waals surface area contributed by atoms with E-state index in [2.05, 4.69) is 57.6 Å². The number of rotatable bonds is 25. The molecule has 0 bridgehead atoms. The third-order valence-electron chi connectivity index (χ3n) is 11.2. The number of aromatic nitrogens is 2. The molecule has 0 radical (unpaired) electrons. The highest BCUT2D eigenvalue weighted by Gasteiger charge is 2.42. The van der Waals surface area contributed by atoms with Crippen molar-refractivity contribution in [1.82, 2.24) is 31.5 Å². The summed E-state index contributed by atoms with van der Waals surface area (Å²) in [6.45, 7) is 10.1. The highest BCUT2D eigenvalue weighted by molar-refractivity contribution is 8.00. The molecule has 330 valence electrons. The molecule has 15 heteroatoms. The van der Waals surface area contributed by atoms with Gasteiger partial charge in [0.2, 0.25) is 5.91 Å². The van der Waals surface area contributed by atoms with E-state index >= 15 is 0 Å². The summed E-state index contributed by atoms with van der Waals surface area (Å²) in [4.78, 5) is 36.5. The number of urea groups is 1. The summed E-state index contributed by atoms with van der Waals surface area (Å²) in [6.07, 6.45) is 10.9. The van der Waals surface area contributed by atoms with Gasteiger partial charge in [-0.3, -0.25) is 14.7 Å². The Balaban J connectivity index is 0.000000774. The van der Waals surface area contributed by atoms with Gasteiger partial charge in [-0.05, 0) is 73.9 Å². The maximum absolute atomic E-state index is 12.8. The predicted octanol–water partition coefficient (Wildman–Crippen LogP) is 7.35. The number of nitrogens with zero attached hydrogens (tertiary/aromatic N) is 1. The van der Waals surface area contributed by atoms with E-state index in [0.717, 1.165) is 65.4 Å². The summed E-state index contributed by atoms with van der Waals surface area (Å²) in [7, 11) is 3.25. The lowest BCUT2D eigenvalue weighted by Gasteiger charge is -2.16. The van der Waals surface area contributed by atoms with Gasteiger partial charge in [0.25, 0.3) is 5.91 Å². The van der Waals surface area contributed by atoms with Gasteiger partial charge < -0.3 is 45.5 Å². The number of ether oxygens (including phenoxy) is 4. The lowest BCUT2D eigenvalue weighted by Crippen LogP contribution is -2.37. The average Bonchev–Trinajstić information content (AvgIpc) is 4.03. The quantitative estimate of drug-likeness (QED) is 0.0292. The molecule has 60 heavy (non-hydrogen) atoms. The molecule has 1 aromatic heterocycles. The van der Waals surface area contributed by atoms with E-state index < -0.39 is 0 Å². The van der Waals surface area contributed by atoms with Crippen molar-refractivity contribution in [3.63, 3.8) is 0 Å². The van der Waals surface area contributed by atoms with Gasteiger partial charge in [0.15, 0.2) is 17.3 Å². The Kier molecular flexibility index (Phi) is 19.2. The maximum Gasteiger partial charge on any atom is 0.315 e. The minimum Gasteiger partial charge on any atom is -0.493 e. The monoisotopic (exact) mass is 849 g/mol. The highest BCUT2D eigenvalue weighted by Crippen LogP contribution is 2.44. The van der Waals surface area contributed by atoms with Crippen LogP contribution in [0.1, 0.15) is 106 Å². The molecule has 3 aliphatic rings. The molecular formula is C45H67N7O7S. The normalized spacial score (nSPS) is 17.6. The number of benzene rings is 2. The van der Waals surface area contributed by atoms with E-state index in [1.54, 1.807) is 20.3 Å². The van der Waals surface area contributed by atoms with Crippen molar-refractivity contribution in [3.05, 3.63) is 53.1 Å². The summed E-state index contributed by atoms with van der Waals surface area (Å²) in [6, 6.07) is 11.6. The molecule has 6 rings (SSSR count). The zero-order chi connectivity index (χ0) is 42.7. The van der Waals surface area contributed by atoms with Crippen LogP contribution in [0, 0.1) is 5.92 Å². The zero-order valence-corrected chi connectivity index (χ0v) is 37.0. The number of carbonyl (C=O) groups excluding carboxylic acids is 3. The van der Waals surface area contributed by atoms with Crippen molar-refractivity contribution in [1.29, 1.82) is 0 Å². The number of thioether (sulfide) groups is 1. The number of methoxy groups -OCH3 is 2. The van der Waals surface area contributed by atoms with Crippen LogP contribution in [0.5, 0.6) is 11.5 Å². The highest BCUT2D eigenvalue weighted by atomic mass is 32.2. The first-order valence-electron chi connectivity index (χ1n) is 21.8. The molecule has 2 aliphatic heterocycles.